The topological polar surface area (TPSA) is 61.7 Å². The SMILES string of the molecule is CCN(CC)C1[NH2+]C(c2c[nH]c(N)c2C=C(C)c2cc(C)cc(Cl)c2)=CS1. The number of aromatic nitrogens is 1. The zero-order chi connectivity index (χ0) is 19.6. The molecule has 27 heavy (non-hydrogen) atoms. The number of hydrogen-bond donors (Lipinski definition) is 3. The van der Waals surface area contributed by atoms with Crippen LogP contribution in [0.3, 0.4) is 0 Å². The number of allylic oxidation sites excluding steroid dienone is 1. The van der Waals surface area contributed by atoms with Crippen molar-refractivity contribution in [3.8, 4) is 0 Å². The number of H-pyrrole nitrogens is 1. The molecule has 3 rings (SSSR count). The Labute approximate surface area is 170 Å². The van der Waals surface area contributed by atoms with E-state index in [2.05, 4.69) is 60.4 Å². The molecule has 1 aliphatic heterocycles. The van der Waals surface area contributed by atoms with E-state index in [9.17, 15) is 0 Å². The molecule has 6 heteroatoms. The van der Waals surface area contributed by atoms with Gasteiger partial charge in [0.25, 0.3) is 0 Å². The van der Waals surface area contributed by atoms with Gasteiger partial charge < -0.3 is 10.7 Å². The highest BCUT2D eigenvalue weighted by atomic mass is 35.5. The third-order valence-corrected chi connectivity index (χ3v) is 6.27. The minimum absolute atomic E-state index is 0.389. The molecule has 0 aliphatic carbocycles. The number of nitrogens with two attached hydrogens (primary N) is 2. The maximum absolute atomic E-state index is 6.26. The quantitative estimate of drug-likeness (QED) is 0.671. The number of aromatic amines is 1. The molecule has 1 unspecified atom stereocenters. The van der Waals surface area contributed by atoms with E-state index in [1.807, 2.05) is 30.1 Å². The Morgan fingerprint density at radius 2 is 2.07 bits per heavy atom. The largest absolute Gasteiger partial charge is 0.385 e. The maximum atomic E-state index is 6.26. The van der Waals surface area contributed by atoms with E-state index in [0.717, 1.165) is 45.9 Å². The lowest BCUT2D eigenvalue weighted by Crippen LogP contribution is -2.87. The molecule has 0 saturated carbocycles. The zero-order valence-electron chi connectivity index (χ0n) is 16.3. The summed E-state index contributed by atoms with van der Waals surface area (Å²) < 4.78 is 0. The Hall–Kier alpha value is -1.66. The van der Waals surface area contributed by atoms with Gasteiger partial charge in [0, 0.05) is 35.3 Å². The molecule has 0 radical (unpaired) electrons. The summed E-state index contributed by atoms with van der Waals surface area (Å²) in [5.41, 5.74) is 13.5. The third kappa shape index (κ3) is 4.43. The highest BCUT2D eigenvalue weighted by Crippen LogP contribution is 2.31. The van der Waals surface area contributed by atoms with E-state index in [-0.39, 0.29) is 0 Å². The number of aryl methyl sites for hydroxylation is 1. The molecule has 0 saturated heterocycles. The molecule has 1 atom stereocenters. The Kier molecular flexibility index (Phi) is 6.37. The van der Waals surface area contributed by atoms with Gasteiger partial charge >= 0.3 is 0 Å². The van der Waals surface area contributed by atoms with Crippen LogP contribution in [0.5, 0.6) is 0 Å². The van der Waals surface area contributed by atoms with Crippen LogP contribution in [-0.4, -0.2) is 28.5 Å². The first-order chi connectivity index (χ1) is 12.9. The van der Waals surface area contributed by atoms with Crippen molar-refractivity contribution in [1.82, 2.24) is 9.88 Å². The van der Waals surface area contributed by atoms with Gasteiger partial charge in [-0.2, -0.15) is 0 Å². The lowest BCUT2D eigenvalue weighted by atomic mass is 10.0. The predicted molar refractivity (Wildman–Crippen MR) is 119 cm³/mol. The van der Waals surface area contributed by atoms with Gasteiger partial charge in [-0.05, 0) is 60.5 Å². The molecule has 1 aromatic heterocycles. The second-order valence-corrected chi connectivity index (χ2v) is 8.29. The van der Waals surface area contributed by atoms with Crippen LogP contribution >= 0.6 is 23.4 Å². The molecule has 144 valence electrons. The van der Waals surface area contributed by atoms with Gasteiger partial charge in [0.2, 0.25) is 0 Å². The van der Waals surface area contributed by atoms with Crippen molar-refractivity contribution in [3.63, 3.8) is 0 Å². The second-order valence-electron chi connectivity index (χ2n) is 6.86. The summed E-state index contributed by atoms with van der Waals surface area (Å²) in [6.45, 7) is 10.6. The molecule has 1 aliphatic rings. The summed E-state index contributed by atoms with van der Waals surface area (Å²) in [5.74, 6) is 0.689. The van der Waals surface area contributed by atoms with E-state index in [0.29, 0.717) is 11.3 Å². The smallest absolute Gasteiger partial charge is 0.199 e. The normalized spacial score (nSPS) is 17.6. The van der Waals surface area contributed by atoms with Crippen LogP contribution in [0.4, 0.5) is 5.82 Å². The number of halogens is 1. The van der Waals surface area contributed by atoms with Crippen molar-refractivity contribution in [2.75, 3.05) is 18.8 Å². The fourth-order valence-corrected chi connectivity index (χ4v) is 4.89. The van der Waals surface area contributed by atoms with Crippen LogP contribution in [0.1, 0.15) is 43.0 Å². The molecular formula is C21H28ClN4S+. The number of nitrogens with one attached hydrogen (secondary N) is 1. The third-order valence-electron chi connectivity index (χ3n) is 4.95. The van der Waals surface area contributed by atoms with Crippen molar-refractivity contribution < 1.29 is 5.32 Å². The Morgan fingerprint density at radius 3 is 2.74 bits per heavy atom. The number of quaternary nitrogens is 1. The molecule has 0 spiro atoms. The molecule has 0 fully saturated rings. The number of anilines is 1. The summed E-state index contributed by atoms with van der Waals surface area (Å²) in [6.07, 6.45) is 4.15. The summed E-state index contributed by atoms with van der Waals surface area (Å²) in [6, 6.07) is 6.11. The van der Waals surface area contributed by atoms with Crippen molar-refractivity contribution in [2.45, 2.75) is 33.2 Å². The van der Waals surface area contributed by atoms with Gasteiger partial charge in [0.1, 0.15) is 11.5 Å². The molecular weight excluding hydrogens is 376 g/mol. The van der Waals surface area contributed by atoms with Gasteiger partial charge in [0.15, 0.2) is 5.50 Å². The van der Waals surface area contributed by atoms with Gasteiger partial charge in [-0.1, -0.05) is 31.5 Å². The van der Waals surface area contributed by atoms with Crippen LogP contribution in [0.25, 0.3) is 17.3 Å². The van der Waals surface area contributed by atoms with E-state index in [1.165, 1.54) is 5.70 Å². The number of thioether (sulfide) groups is 1. The van der Waals surface area contributed by atoms with Crippen LogP contribution < -0.4 is 11.1 Å². The minimum atomic E-state index is 0.389. The summed E-state index contributed by atoms with van der Waals surface area (Å²) in [7, 11) is 0. The van der Waals surface area contributed by atoms with Crippen LogP contribution in [-0.2, 0) is 0 Å². The lowest BCUT2D eigenvalue weighted by Gasteiger charge is -2.22. The van der Waals surface area contributed by atoms with Crippen molar-refractivity contribution in [2.24, 2.45) is 0 Å². The van der Waals surface area contributed by atoms with Crippen LogP contribution in [0.2, 0.25) is 5.02 Å². The molecule has 5 N–H and O–H groups in total. The Bertz CT molecular complexity index is 860. The maximum Gasteiger partial charge on any atom is 0.199 e. The molecule has 2 heterocycles. The number of benzene rings is 1. The number of nitrogen functional groups attached to an aromatic ring is 1. The first kappa shape index (κ1) is 20.1. The summed E-state index contributed by atoms with van der Waals surface area (Å²) in [4.78, 5) is 5.63. The number of nitrogens with zero attached hydrogens (tertiary/aromatic N) is 1. The summed E-state index contributed by atoms with van der Waals surface area (Å²) in [5, 5.41) is 5.32. The zero-order valence-corrected chi connectivity index (χ0v) is 17.9. The van der Waals surface area contributed by atoms with Gasteiger partial charge in [-0.15, -0.1) is 0 Å². The predicted octanol–water partition coefficient (Wildman–Crippen LogP) is 4.35. The number of hydrogen-bond acceptors (Lipinski definition) is 3. The molecule has 4 nitrogen and oxygen atoms in total. The molecule has 0 bridgehead atoms. The van der Waals surface area contributed by atoms with Gasteiger partial charge in [0.05, 0.1) is 5.56 Å². The molecule has 2 aromatic rings. The van der Waals surface area contributed by atoms with Crippen molar-refractivity contribution in [3.05, 3.63) is 57.1 Å². The van der Waals surface area contributed by atoms with Crippen LogP contribution in [0, 0.1) is 6.92 Å². The molecule has 1 aromatic carbocycles. The molecule has 0 amide bonds. The highest BCUT2D eigenvalue weighted by molar-refractivity contribution is 8.02. The minimum Gasteiger partial charge on any atom is -0.385 e. The van der Waals surface area contributed by atoms with Crippen molar-refractivity contribution >= 4 is 46.5 Å². The number of rotatable bonds is 6. The first-order valence-corrected chi connectivity index (χ1v) is 10.6. The Balaban J connectivity index is 1.89. The standard InChI is InChI=1S/C21H27ClN4S/c1-5-26(6-2)21-25-19(12-27-21)18-11-24-20(23)17(18)9-14(4)15-7-13(3)8-16(22)10-15/h7-12,21,24-25H,5-6,23H2,1-4H3/p+1. The highest BCUT2D eigenvalue weighted by Gasteiger charge is 2.29. The fourth-order valence-electron chi connectivity index (χ4n) is 3.41. The monoisotopic (exact) mass is 403 g/mol. The van der Waals surface area contributed by atoms with Crippen molar-refractivity contribution in [1.29, 1.82) is 0 Å². The van der Waals surface area contributed by atoms with E-state index in [4.69, 9.17) is 17.3 Å². The van der Waals surface area contributed by atoms with E-state index >= 15 is 0 Å². The van der Waals surface area contributed by atoms with E-state index < -0.39 is 0 Å². The second kappa shape index (κ2) is 8.57. The average Bonchev–Trinajstić information content (AvgIpc) is 3.23. The lowest BCUT2D eigenvalue weighted by molar-refractivity contribution is -0.597. The average molecular weight is 404 g/mol. The van der Waals surface area contributed by atoms with Gasteiger partial charge in [-0.3, -0.25) is 5.32 Å². The van der Waals surface area contributed by atoms with Gasteiger partial charge in [-0.25, -0.2) is 4.90 Å². The van der Waals surface area contributed by atoms with Crippen LogP contribution in [0.15, 0.2) is 29.8 Å². The Morgan fingerprint density at radius 1 is 1.33 bits per heavy atom. The first-order valence-electron chi connectivity index (χ1n) is 9.30. The summed E-state index contributed by atoms with van der Waals surface area (Å²) >= 11 is 8.09. The van der Waals surface area contributed by atoms with E-state index in [1.54, 1.807) is 0 Å². The fraction of sp³-hybridized carbons (Fsp3) is 0.333.